The molecular weight excluding hydrogens is 474 g/mol. The van der Waals surface area contributed by atoms with Gasteiger partial charge in [-0.1, -0.05) is 61.5 Å². The molecule has 0 aliphatic heterocycles. The highest BCUT2D eigenvalue weighted by molar-refractivity contribution is 8.00. The lowest BCUT2D eigenvalue weighted by Gasteiger charge is -2.14. The lowest BCUT2D eigenvalue weighted by Crippen LogP contribution is -2.22. The molecule has 1 amide bonds. The summed E-state index contributed by atoms with van der Waals surface area (Å²) in [5.41, 5.74) is 3.73. The fraction of sp³-hybridized carbons (Fsp3) is 0.240. The SMILES string of the molecule is Cc1nc(SC(C)C(=O)Nc2cc(Cl)ccc2O)c2c(-c3ccc(C(C)C)cc3)csc2n1. The Kier molecular flexibility index (Phi) is 6.93. The van der Waals surface area contributed by atoms with Gasteiger partial charge in [0.15, 0.2) is 0 Å². The Balaban J connectivity index is 1.65. The van der Waals surface area contributed by atoms with Crippen LogP contribution in [-0.2, 0) is 4.79 Å². The van der Waals surface area contributed by atoms with Crippen LogP contribution in [0.3, 0.4) is 0 Å². The van der Waals surface area contributed by atoms with Crippen molar-refractivity contribution in [3.63, 3.8) is 0 Å². The summed E-state index contributed by atoms with van der Waals surface area (Å²) in [5, 5.41) is 16.6. The number of hydrogen-bond donors (Lipinski definition) is 2. The molecule has 0 spiro atoms. The molecule has 0 fully saturated rings. The van der Waals surface area contributed by atoms with Gasteiger partial charge < -0.3 is 10.4 Å². The number of aromatic hydroxyl groups is 1. The topological polar surface area (TPSA) is 75.1 Å². The number of fused-ring (bicyclic) bond motifs is 1. The van der Waals surface area contributed by atoms with E-state index >= 15 is 0 Å². The first-order valence-corrected chi connectivity index (χ1v) is 12.7. The highest BCUT2D eigenvalue weighted by Crippen LogP contribution is 2.40. The van der Waals surface area contributed by atoms with Gasteiger partial charge in [-0.15, -0.1) is 11.3 Å². The van der Waals surface area contributed by atoms with Crippen LogP contribution in [0, 0.1) is 6.92 Å². The molecule has 0 bridgehead atoms. The Hall–Kier alpha value is -2.61. The molecule has 1 unspecified atom stereocenters. The summed E-state index contributed by atoms with van der Waals surface area (Å²) in [7, 11) is 0. The number of nitrogens with one attached hydrogen (secondary N) is 1. The number of nitrogens with zero attached hydrogens (tertiary/aromatic N) is 2. The summed E-state index contributed by atoms with van der Waals surface area (Å²) >= 11 is 8.95. The lowest BCUT2D eigenvalue weighted by atomic mass is 9.99. The first kappa shape index (κ1) is 23.5. The number of phenols is 1. The molecular formula is C25H24ClN3O2S2. The maximum Gasteiger partial charge on any atom is 0.237 e. The molecule has 33 heavy (non-hydrogen) atoms. The van der Waals surface area contributed by atoms with Gasteiger partial charge in [-0.05, 0) is 49.1 Å². The molecule has 4 aromatic rings. The highest BCUT2D eigenvalue weighted by atomic mass is 35.5. The smallest absolute Gasteiger partial charge is 0.237 e. The standard InChI is InChI=1S/C25H24ClN3O2S2/c1-13(2)16-5-7-17(8-6-16)19-12-32-24-22(19)25(28-15(4)27-24)33-14(3)23(31)29-20-11-18(26)9-10-21(20)30/h5-14,30H,1-4H3,(H,29,31). The first-order chi connectivity index (χ1) is 15.7. The molecule has 0 aliphatic carbocycles. The van der Waals surface area contributed by atoms with Crippen LogP contribution in [0.4, 0.5) is 5.69 Å². The van der Waals surface area contributed by atoms with E-state index in [0.29, 0.717) is 16.8 Å². The number of carbonyl (C=O) groups is 1. The number of carbonyl (C=O) groups excluding carboxylic acids is 1. The molecule has 4 rings (SSSR count). The molecule has 1 atom stereocenters. The zero-order chi connectivity index (χ0) is 23.7. The number of phenolic OH excluding ortho intramolecular Hbond substituents is 1. The molecule has 2 aromatic carbocycles. The highest BCUT2D eigenvalue weighted by Gasteiger charge is 2.21. The number of aryl methyl sites for hydroxylation is 1. The van der Waals surface area contributed by atoms with Crippen molar-refractivity contribution in [2.45, 2.75) is 43.9 Å². The second-order valence-corrected chi connectivity index (χ2v) is 10.7. The van der Waals surface area contributed by atoms with E-state index in [1.807, 2.05) is 13.8 Å². The van der Waals surface area contributed by atoms with Crippen LogP contribution in [-0.4, -0.2) is 26.2 Å². The number of thiophene rings is 1. The Labute approximate surface area is 206 Å². The summed E-state index contributed by atoms with van der Waals surface area (Å²) < 4.78 is 0. The van der Waals surface area contributed by atoms with E-state index < -0.39 is 5.25 Å². The first-order valence-electron chi connectivity index (χ1n) is 10.5. The van der Waals surface area contributed by atoms with E-state index in [2.05, 4.69) is 58.8 Å². The molecule has 0 saturated carbocycles. The average molecular weight is 498 g/mol. The summed E-state index contributed by atoms with van der Waals surface area (Å²) in [5.74, 6) is 0.845. The van der Waals surface area contributed by atoms with Crippen molar-refractivity contribution in [3.05, 3.63) is 64.3 Å². The van der Waals surface area contributed by atoms with Crippen LogP contribution < -0.4 is 5.32 Å². The predicted molar refractivity (Wildman–Crippen MR) is 139 cm³/mol. The molecule has 170 valence electrons. The third-order valence-corrected chi connectivity index (χ3v) is 7.47. The molecule has 2 aromatic heterocycles. The van der Waals surface area contributed by atoms with Crippen molar-refractivity contribution in [1.29, 1.82) is 0 Å². The van der Waals surface area contributed by atoms with Crippen molar-refractivity contribution in [2.24, 2.45) is 0 Å². The quantitative estimate of drug-likeness (QED) is 0.166. The lowest BCUT2D eigenvalue weighted by molar-refractivity contribution is -0.115. The minimum absolute atomic E-state index is 0.0322. The minimum Gasteiger partial charge on any atom is -0.506 e. The molecule has 5 nitrogen and oxygen atoms in total. The Morgan fingerprint density at radius 3 is 2.55 bits per heavy atom. The van der Waals surface area contributed by atoms with Crippen molar-refractivity contribution >= 4 is 56.5 Å². The number of anilines is 1. The Morgan fingerprint density at radius 1 is 1.12 bits per heavy atom. The van der Waals surface area contributed by atoms with Gasteiger partial charge in [0.05, 0.1) is 16.3 Å². The predicted octanol–water partition coefficient (Wildman–Crippen LogP) is 7.27. The van der Waals surface area contributed by atoms with Crippen molar-refractivity contribution in [2.75, 3.05) is 5.32 Å². The molecule has 0 aliphatic rings. The summed E-state index contributed by atoms with van der Waals surface area (Å²) in [4.78, 5) is 23.1. The van der Waals surface area contributed by atoms with Crippen LogP contribution in [0.25, 0.3) is 21.3 Å². The van der Waals surface area contributed by atoms with Crippen molar-refractivity contribution in [3.8, 4) is 16.9 Å². The van der Waals surface area contributed by atoms with Crippen LogP contribution >= 0.6 is 34.7 Å². The van der Waals surface area contributed by atoms with Gasteiger partial charge in [-0.3, -0.25) is 4.79 Å². The molecule has 2 heterocycles. The normalized spacial score (nSPS) is 12.3. The maximum atomic E-state index is 12.9. The van der Waals surface area contributed by atoms with Gasteiger partial charge in [0, 0.05) is 16.0 Å². The van der Waals surface area contributed by atoms with Crippen LogP contribution in [0.15, 0.2) is 52.9 Å². The zero-order valence-corrected chi connectivity index (χ0v) is 21.1. The monoisotopic (exact) mass is 497 g/mol. The molecule has 8 heteroatoms. The summed E-state index contributed by atoms with van der Waals surface area (Å²) in [6, 6.07) is 13.1. The summed E-state index contributed by atoms with van der Waals surface area (Å²) in [6.07, 6.45) is 0. The van der Waals surface area contributed by atoms with Crippen LogP contribution in [0.1, 0.15) is 38.1 Å². The fourth-order valence-corrected chi connectivity index (χ4v) is 5.66. The van der Waals surface area contributed by atoms with Gasteiger partial charge in [-0.2, -0.15) is 0 Å². The van der Waals surface area contributed by atoms with E-state index in [1.54, 1.807) is 17.4 Å². The van der Waals surface area contributed by atoms with Gasteiger partial charge in [0.2, 0.25) is 5.91 Å². The van der Waals surface area contributed by atoms with Crippen LogP contribution in [0.5, 0.6) is 5.75 Å². The minimum atomic E-state index is -0.461. The van der Waals surface area contributed by atoms with E-state index in [0.717, 1.165) is 26.4 Å². The van der Waals surface area contributed by atoms with Crippen LogP contribution in [0.2, 0.25) is 5.02 Å². The van der Waals surface area contributed by atoms with E-state index in [-0.39, 0.29) is 17.3 Å². The zero-order valence-electron chi connectivity index (χ0n) is 18.7. The largest absolute Gasteiger partial charge is 0.506 e. The number of aromatic nitrogens is 2. The summed E-state index contributed by atoms with van der Waals surface area (Å²) in [6.45, 7) is 8.02. The molecule has 2 N–H and O–H groups in total. The number of hydrogen-bond acceptors (Lipinski definition) is 6. The Morgan fingerprint density at radius 2 is 1.85 bits per heavy atom. The van der Waals surface area contributed by atoms with Gasteiger partial charge >= 0.3 is 0 Å². The number of benzene rings is 2. The van der Waals surface area contributed by atoms with Gasteiger partial charge in [0.1, 0.15) is 21.4 Å². The second-order valence-electron chi connectivity index (χ2n) is 8.09. The van der Waals surface area contributed by atoms with Crippen molar-refractivity contribution in [1.82, 2.24) is 9.97 Å². The van der Waals surface area contributed by atoms with E-state index in [1.165, 1.54) is 29.5 Å². The molecule has 0 saturated heterocycles. The number of amides is 1. The van der Waals surface area contributed by atoms with Gasteiger partial charge in [0.25, 0.3) is 0 Å². The van der Waals surface area contributed by atoms with Crippen molar-refractivity contribution < 1.29 is 9.90 Å². The molecule has 0 radical (unpaired) electrons. The third-order valence-electron chi connectivity index (χ3n) is 5.27. The third kappa shape index (κ3) is 5.16. The van der Waals surface area contributed by atoms with E-state index in [9.17, 15) is 9.90 Å². The average Bonchev–Trinajstić information content (AvgIpc) is 3.20. The number of thioether (sulfide) groups is 1. The van der Waals surface area contributed by atoms with E-state index in [4.69, 9.17) is 11.6 Å². The Bertz CT molecular complexity index is 1320. The van der Waals surface area contributed by atoms with Gasteiger partial charge in [-0.25, -0.2) is 9.97 Å². The second kappa shape index (κ2) is 9.71. The number of rotatable bonds is 6. The maximum absolute atomic E-state index is 12.9. The fourth-order valence-electron chi connectivity index (χ4n) is 3.42. The number of halogens is 1.